The van der Waals surface area contributed by atoms with Gasteiger partial charge < -0.3 is 25.2 Å². The van der Waals surface area contributed by atoms with Gasteiger partial charge in [0.15, 0.2) is 5.78 Å². The third-order valence-electron chi connectivity index (χ3n) is 15.3. The van der Waals surface area contributed by atoms with E-state index in [9.17, 15) is 33.0 Å². The largest absolute Gasteiger partial charge is 0.573 e. The number of aliphatic hydroxyl groups is 2. The maximum atomic E-state index is 15.2. The van der Waals surface area contributed by atoms with Crippen molar-refractivity contribution < 1.29 is 42.1 Å². The molecular formula is C47H51ClF4N2O5. The molecule has 6 aliphatic carbocycles. The highest BCUT2D eigenvalue weighted by atomic mass is 35.5. The molecule has 2 spiro atoms. The third kappa shape index (κ3) is 6.89. The highest BCUT2D eigenvalue weighted by Crippen LogP contribution is 2.78. The van der Waals surface area contributed by atoms with Gasteiger partial charge in [0.25, 0.3) is 0 Å². The molecule has 12 heteroatoms. The minimum Gasteiger partial charge on any atom is -0.406 e. The Morgan fingerprint density at radius 1 is 0.932 bits per heavy atom. The van der Waals surface area contributed by atoms with Crippen LogP contribution in [0.5, 0.6) is 5.75 Å². The summed E-state index contributed by atoms with van der Waals surface area (Å²) in [5, 5.41) is 27.4. The van der Waals surface area contributed by atoms with Crippen LogP contribution in [0.25, 0.3) is 0 Å². The van der Waals surface area contributed by atoms with Crippen molar-refractivity contribution in [1.29, 1.82) is 0 Å². The third-order valence-corrected chi connectivity index (χ3v) is 15.7. The van der Waals surface area contributed by atoms with Gasteiger partial charge >= 0.3 is 12.4 Å². The summed E-state index contributed by atoms with van der Waals surface area (Å²) in [5.74, 6) is -1.42. The number of urea groups is 1. The van der Waals surface area contributed by atoms with Crippen LogP contribution < -0.4 is 10.1 Å². The van der Waals surface area contributed by atoms with Gasteiger partial charge in [-0.3, -0.25) is 4.79 Å². The van der Waals surface area contributed by atoms with Crippen LogP contribution in [0, 0.1) is 39.3 Å². The number of ketones is 1. The topological polar surface area (TPSA) is 99.1 Å². The zero-order valence-electron chi connectivity index (χ0n) is 33.5. The van der Waals surface area contributed by atoms with Crippen molar-refractivity contribution in [3.8, 4) is 5.75 Å². The van der Waals surface area contributed by atoms with Crippen LogP contribution in [-0.2, 0) is 17.8 Å². The second-order valence-electron chi connectivity index (χ2n) is 18.2. The van der Waals surface area contributed by atoms with Gasteiger partial charge in [-0.25, -0.2) is 9.18 Å². The van der Waals surface area contributed by atoms with Crippen LogP contribution in [0.3, 0.4) is 0 Å². The zero-order valence-corrected chi connectivity index (χ0v) is 34.3. The second-order valence-corrected chi connectivity index (χ2v) is 18.6. The molecule has 2 bridgehead atoms. The first-order valence-corrected chi connectivity index (χ1v) is 21.0. The minimum atomic E-state index is -4.86. The molecule has 6 aliphatic rings. The molecule has 0 radical (unpaired) electrons. The van der Waals surface area contributed by atoms with E-state index in [2.05, 4.69) is 42.1 Å². The molecule has 59 heavy (non-hydrogen) atoms. The summed E-state index contributed by atoms with van der Waals surface area (Å²) in [6.45, 7) is 6.12. The normalized spacial score (nSPS) is 33.6. The molecule has 9 atom stereocenters. The van der Waals surface area contributed by atoms with Gasteiger partial charge in [-0.05, 0) is 105 Å². The smallest absolute Gasteiger partial charge is 0.406 e. The van der Waals surface area contributed by atoms with Gasteiger partial charge in [0.05, 0.1) is 24.3 Å². The molecule has 3 N–H and O–H groups in total. The molecule has 2 amide bonds. The van der Waals surface area contributed by atoms with Crippen molar-refractivity contribution >= 4 is 23.4 Å². The van der Waals surface area contributed by atoms with Gasteiger partial charge in [-0.2, -0.15) is 0 Å². The summed E-state index contributed by atoms with van der Waals surface area (Å²) >= 11 is 6.48. The Bertz CT molecular complexity index is 2160. The Hall–Kier alpha value is -4.19. The maximum Gasteiger partial charge on any atom is 0.573 e. The highest BCUT2D eigenvalue weighted by molar-refractivity contribution is 6.31. The lowest BCUT2D eigenvalue weighted by Gasteiger charge is -2.71. The number of nitrogens with zero attached hydrogens (tertiary/aromatic N) is 1. The lowest BCUT2D eigenvalue weighted by Crippen LogP contribution is -2.67. The van der Waals surface area contributed by atoms with E-state index < -0.39 is 52.2 Å². The maximum absolute atomic E-state index is 15.2. The predicted molar refractivity (Wildman–Crippen MR) is 216 cm³/mol. The number of carbonyl (C=O) groups excluding carboxylic acids is 2. The Labute approximate surface area is 347 Å². The molecule has 3 fully saturated rings. The number of benzene rings is 3. The molecule has 7 nitrogen and oxygen atoms in total. The number of fused-ring (bicyclic) bond motifs is 1. The summed E-state index contributed by atoms with van der Waals surface area (Å²) in [7, 11) is 0. The van der Waals surface area contributed by atoms with Crippen LogP contribution in [-0.4, -0.2) is 51.5 Å². The van der Waals surface area contributed by atoms with Gasteiger partial charge in [0.2, 0.25) is 0 Å². The number of rotatable bonds is 10. The van der Waals surface area contributed by atoms with E-state index in [0.717, 1.165) is 12.0 Å². The standard InChI is InChI=1S/C47H51ClF4N2O5/c1-29(31-8-5-4-6-9-31)53-41(57)54(27-30-12-14-33(15-13-30)59-47(50,51)52)28-45(58)21-18-40-43(45,3)20-17-39-42(2)19-16-32(55)25-44(42)22-23-46(39,40)35(26-44)38(56)24-34-36(48)10-7-11-37(34)49/h4-15,22-23,26,29,32,39-40,55,58H,16-21,24-25,27-28H2,1-3H3,(H,53,57). The van der Waals surface area contributed by atoms with Gasteiger partial charge in [-0.15, -0.1) is 13.2 Å². The molecule has 0 heterocycles. The Morgan fingerprint density at radius 3 is 2.31 bits per heavy atom. The number of alkyl halides is 3. The van der Waals surface area contributed by atoms with E-state index >= 15 is 4.39 Å². The van der Waals surface area contributed by atoms with Crippen molar-refractivity contribution in [3.63, 3.8) is 0 Å². The zero-order chi connectivity index (χ0) is 42.2. The molecule has 0 aliphatic heterocycles. The fourth-order valence-corrected chi connectivity index (χ4v) is 12.5. The summed E-state index contributed by atoms with van der Waals surface area (Å²) < 4.78 is 58.2. The first kappa shape index (κ1) is 41.5. The summed E-state index contributed by atoms with van der Waals surface area (Å²) in [6.07, 6.45) is 4.86. The average molecular weight is 835 g/mol. The number of amides is 2. The van der Waals surface area contributed by atoms with Crippen LogP contribution in [0.4, 0.5) is 22.4 Å². The van der Waals surface area contributed by atoms with Crippen molar-refractivity contribution in [1.82, 2.24) is 10.2 Å². The summed E-state index contributed by atoms with van der Waals surface area (Å²) in [6, 6.07) is 18.3. The van der Waals surface area contributed by atoms with Gasteiger partial charge in [-0.1, -0.05) is 92.2 Å². The van der Waals surface area contributed by atoms with E-state index in [-0.39, 0.29) is 58.9 Å². The molecule has 3 aromatic carbocycles. The lowest BCUT2D eigenvalue weighted by molar-refractivity contribution is -0.274. The second kappa shape index (κ2) is 14.8. The first-order chi connectivity index (χ1) is 27.8. The molecule has 3 saturated carbocycles. The first-order valence-electron chi connectivity index (χ1n) is 20.6. The molecule has 9 rings (SSSR count). The van der Waals surface area contributed by atoms with Gasteiger partial charge in [0.1, 0.15) is 11.6 Å². The molecule has 0 aromatic heterocycles. The quantitative estimate of drug-likeness (QED) is 0.140. The predicted octanol–water partition coefficient (Wildman–Crippen LogP) is 10.1. The Morgan fingerprint density at radius 2 is 1.61 bits per heavy atom. The number of ether oxygens (including phenoxy) is 1. The summed E-state index contributed by atoms with van der Waals surface area (Å²) in [5.41, 5.74) is -1.78. The van der Waals surface area contributed by atoms with E-state index in [1.54, 1.807) is 6.07 Å². The molecule has 314 valence electrons. The number of allylic oxidation sites excluding steroid dienone is 4. The number of aliphatic hydroxyl groups excluding tert-OH is 1. The van der Waals surface area contributed by atoms with E-state index in [4.69, 9.17) is 11.6 Å². The van der Waals surface area contributed by atoms with Crippen molar-refractivity contribution in [2.24, 2.45) is 33.5 Å². The van der Waals surface area contributed by atoms with Crippen LogP contribution in [0.15, 0.2) is 96.6 Å². The fraction of sp³-hybridized carbons (Fsp3) is 0.489. The SMILES string of the molecule is CC(NC(=O)N(Cc1ccc(OC(F)(F)F)cc1)CC1(O)CCC2C34C=CC5(C=C3C(=O)Cc3c(F)cccc3Cl)CC(O)CCC5(C)C4CCC21C)c1ccccc1. The number of halogens is 5. The minimum absolute atomic E-state index is 0.00322. The van der Waals surface area contributed by atoms with E-state index in [1.807, 2.05) is 37.3 Å². The van der Waals surface area contributed by atoms with Crippen molar-refractivity contribution in [2.75, 3.05) is 6.54 Å². The molecular weight excluding hydrogens is 784 g/mol. The average Bonchev–Trinajstić information content (AvgIpc) is 3.46. The van der Waals surface area contributed by atoms with Crippen LogP contribution in [0.1, 0.15) is 88.4 Å². The highest BCUT2D eigenvalue weighted by Gasteiger charge is 2.74. The Balaban J connectivity index is 1.15. The molecule has 0 saturated heterocycles. The monoisotopic (exact) mass is 834 g/mol. The lowest BCUT2D eigenvalue weighted by atomic mass is 9.32. The number of hydrogen-bond donors (Lipinski definition) is 3. The fourth-order valence-electron chi connectivity index (χ4n) is 12.2. The van der Waals surface area contributed by atoms with Crippen LogP contribution >= 0.6 is 11.6 Å². The number of hydrogen-bond acceptors (Lipinski definition) is 5. The van der Waals surface area contributed by atoms with E-state index in [0.29, 0.717) is 49.7 Å². The van der Waals surface area contributed by atoms with Crippen LogP contribution in [0.2, 0.25) is 5.02 Å². The van der Waals surface area contributed by atoms with E-state index in [1.165, 1.54) is 41.3 Å². The van der Waals surface area contributed by atoms with Gasteiger partial charge in [0, 0.05) is 45.4 Å². The number of carbonyl (C=O) groups is 2. The summed E-state index contributed by atoms with van der Waals surface area (Å²) in [4.78, 5) is 30.7. The number of Topliss-reactive ketones (excluding diaryl/α,β-unsaturated/α-hetero) is 1. The van der Waals surface area contributed by atoms with Crippen molar-refractivity contribution in [3.05, 3.63) is 124 Å². The van der Waals surface area contributed by atoms with Crippen molar-refractivity contribution in [2.45, 2.75) is 103 Å². The number of nitrogens with one attached hydrogen (secondary N) is 1. The molecule has 9 unspecified atom stereocenters. The Kier molecular flexibility index (Phi) is 10.4. The molecule has 3 aromatic rings.